The van der Waals surface area contributed by atoms with Crippen molar-refractivity contribution in [1.29, 1.82) is 0 Å². The maximum Gasteiger partial charge on any atom is 0.315 e. The van der Waals surface area contributed by atoms with E-state index in [1.54, 1.807) is 6.92 Å². The van der Waals surface area contributed by atoms with Gasteiger partial charge in [-0.15, -0.1) is 34.5 Å². The molecule has 1 fully saturated rings. The van der Waals surface area contributed by atoms with E-state index < -0.39 is 28.2 Å². The van der Waals surface area contributed by atoms with Crippen LogP contribution in [0.15, 0.2) is 40.8 Å². The van der Waals surface area contributed by atoms with Gasteiger partial charge in [-0.3, -0.25) is 9.59 Å². The summed E-state index contributed by atoms with van der Waals surface area (Å²) in [6, 6.07) is 8.15. The first-order valence-corrected chi connectivity index (χ1v) is 9.67. The van der Waals surface area contributed by atoms with E-state index in [-0.39, 0.29) is 0 Å². The number of ether oxygens (including phenoxy) is 1. The van der Waals surface area contributed by atoms with E-state index >= 15 is 0 Å². The van der Waals surface area contributed by atoms with Gasteiger partial charge in [0.15, 0.2) is 11.4 Å². The fraction of sp³-hybridized carbons (Fsp3) is 0.389. The molecule has 1 amide bonds. The van der Waals surface area contributed by atoms with Crippen LogP contribution < -0.4 is 4.80 Å². The molecule has 0 bridgehead atoms. The first kappa shape index (κ1) is 19.1. The van der Waals surface area contributed by atoms with Gasteiger partial charge in [-0.2, -0.15) is 4.99 Å². The van der Waals surface area contributed by atoms with E-state index in [2.05, 4.69) is 4.99 Å². The highest BCUT2D eigenvalue weighted by atomic mass is 35.5. The number of carbonyl (C=O) groups excluding carboxylic acids is 2. The molecule has 26 heavy (non-hydrogen) atoms. The van der Waals surface area contributed by atoms with Crippen LogP contribution in [0.25, 0.3) is 0 Å². The van der Waals surface area contributed by atoms with E-state index in [0.717, 1.165) is 5.56 Å². The fourth-order valence-corrected chi connectivity index (χ4v) is 3.88. The van der Waals surface area contributed by atoms with Gasteiger partial charge in [0.2, 0.25) is 0 Å². The van der Waals surface area contributed by atoms with E-state index in [1.165, 1.54) is 16.9 Å². The average molecular weight is 413 g/mol. The molecule has 0 saturated heterocycles. The molecule has 0 spiro atoms. The van der Waals surface area contributed by atoms with Crippen LogP contribution in [0.1, 0.15) is 24.5 Å². The standard InChI is InChI=1S/C18H18Cl2N2O3S/c1-12-3-5-13(6-4-12)9-22-7-8-26-16(22)21-14(23)10-25-15(24)17(2)11-18(17,19)20/h3-8H,9-11H2,1-2H3/t17-/m1/s1. The van der Waals surface area contributed by atoms with Gasteiger partial charge in [0, 0.05) is 24.5 Å². The number of rotatable bonds is 5. The summed E-state index contributed by atoms with van der Waals surface area (Å²) in [6.07, 6.45) is 2.18. The van der Waals surface area contributed by atoms with Gasteiger partial charge >= 0.3 is 5.97 Å². The highest BCUT2D eigenvalue weighted by molar-refractivity contribution is 7.07. The van der Waals surface area contributed by atoms with Crippen LogP contribution in [0.4, 0.5) is 0 Å². The summed E-state index contributed by atoms with van der Waals surface area (Å²) < 4.78 is 5.79. The smallest absolute Gasteiger partial charge is 0.315 e. The lowest BCUT2D eigenvalue weighted by Crippen LogP contribution is -2.25. The second-order valence-corrected chi connectivity index (χ2v) is 8.95. The molecule has 2 aromatic rings. The Morgan fingerprint density at radius 1 is 1.31 bits per heavy atom. The number of esters is 1. The maximum absolute atomic E-state index is 12.1. The lowest BCUT2D eigenvalue weighted by Gasteiger charge is -2.10. The molecule has 0 aliphatic heterocycles. The summed E-state index contributed by atoms with van der Waals surface area (Å²) in [5, 5.41) is 1.85. The van der Waals surface area contributed by atoms with Crippen molar-refractivity contribution >= 4 is 46.4 Å². The second kappa shape index (κ2) is 7.18. The largest absolute Gasteiger partial charge is 0.455 e. The Hall–Kier alpha value is -1.63. The Bertz CT molecular complexity index is 902. The van der Waals surface area contributed by atoms with Crippen LogP contribution in [-0.4, -0.2) is 27.4 Å². The minimum atomic E-state index is -1.12. The van der Waals surface area contributed by atoms with Crippen molar-refractivity contribution in [2.24, 2.45) is 10.4 Å². The zero-order valence-electron chi connectivity index (χ0n) is 14.4. The molecule has 1 aliphatic carbocycles. The summed E-state index contributed by atoms with van der Waals surface area (Å²) in [6.45, 7) is 3.82. The van der Waals surface area contributed by atoms with Gasteiger partial charge in [-0.25, -0.2) is 0 Å². The van der Waals surface area contributed by atoms with E-state index in [9.17, 15) is 9.59 Å². The Morgan fingerprint density at radius 3 is 2.58 bits per heavy atom. The molecular formula is C18H18Cl2N2O3S. The summed E-state index contributed by atoms with van der Waals surface area (Å²) in [5.74, 6) is -1.11. The summed E-state index contributed by atoms with van der Waals surface area (Å²) in [4.78, 5) is 28.6. The highest BCUT2D eigenvalue weighted by Gasteiger charge is 2.69. The number of amides is 1. The molecule has 138 valence electrons. The molecule has 0 unspecified atom stereocenters. The average Bonchev–Trinajstić information content (AvgIpc) is 2.90. The number of hydrogen-bond donors (Lipinski definition) is 0. The molecule has 5 nitrogen and oxygen atoms in total. The molecule has 0 radical (unpaired) electrons. The van der Waals surface area contributed by atoms with E-state index in [4.69, 9.17) is 27.9 Å². The zero-order valence-corrected chi connectivity index (χ0v) is 16.7. The summed E-state index contributed by atoms with van der Waals surface area (Å²) >= 11 is 13.2. The number of aryl methyl sites for hydroxylation is 1. The van der Waals surface area contributed by atoms with Crippen molar-refractivity contribution in [1.82, 2.24) is 4.57 Å². The third-order valence-corrected chi connectivity index (χ3v) is 6.28. The monoisotopic (exact) mass is 412 g/mol. The molecule has 1 atom stereocenters. The van der Waals surface area contributed by atoms with Crippen LogP contribution in [0, 0.1) is 12.3 Å². The first-order valence-electron chi connectivity index (χ1n) is 8.03. The summed E-state index contributed by atoms with van der Waals surface area (Å²) in [5.41, 5.74) is 1.34. The Morgan fingerprint density at radius 2 is 1.96 bits per heavy atom. The molecule has 8 heteroatoms. The number of carbonyl (C=O) groups is 2. The highest BCUT2D eigenvalue weighted by Crippen LogP contribution is 2.64. The lowest BCUT2D eigenvalue weighted by molar-refractivity contribution is -0.152. The number of thiazole rings is 1. The topological polar surface area (TPSA) is 60.7 Å². The third-order valence-electron chi connectivity index (χ3n) is 4.39. The maximum atomic E-state index is 12.1. The minimum Gasteiger partial charge on any atom is -0.455 e. The molecule has 1 aromatic carbocycles. The lowest BCUT2D eigenvalue weighted by atomic mass is 10.1. The minimum absolute atomic E-state index is 0.314. The molecule has 1 aliphatic rings. The quantitative estimate of drug-likeness (QED) is 0.557. The third kappa shape index (κ3) is 4.03. The predicted octanol–water partition coefficient (Wildman–Crippen LogP) is 3.46. The number of aromatic nitrogens is 1. The van der Waals surface area contributed by atoms with Gasteiger partial charge in [0.05, 0.1) is 0 Å². The summed E-state index contributed by atoms with van der Waals surface area (Å²) in [7, 11) is 0. The van der Waals surface area contributed by atoms with Crippen LogP contribution in [0.2, 0.25) is 0 Å². The number of halogens is 2. The fourth-order valence-electron chi connectivity index (χ4n) is 2.44. The van der Waals surface area contributed by atoms with Crippen LogP contribution in [-0.2, 0) is 20.9 Å². The molecule has 1 heterocycles. The van der Waals surface area contributed by atoms with Gasteiger partial charge in [0.25, 0.3) is 5.91 Å². The number of alkyl halides is 2. The molecule has 0 N–H and O–H groups in total. The van der Waals surface area contributed by atoms with Gasteiger partial charge in [-0.05, 0) is 19.4 Å². The van der Waals surface area contributed by atoms with Crippen molar-refractivity contribution in [3.63, 3.8) is 0 Å². The van der Waals surface area contributed by atoms with Crippen LogP contribution in [0.5, 0.6) is 0 Å². The van der Waals surface area contributed by atoms with Crippen molar-refractivity contribution in [3.05, 3.63) is 51.8 Å². The van der Waals surface area contributed by atoms with Gasteiger partial charge < -0.3 is 9.30 Å². The van der Waals surface area contributed by atoms with Crippen molar-refractivity contribution in [2.45, 2.75) is 31.1 Å². The van der Waals surface area contributed by atoms with Crippen molar-refractivity contribution in [2.75, 3.05) is 6.61 Å². The predicted molar refractivity (Wildman–Crippen MR) is 101 cm³/mol. The van der Waals surface area contributed by atoms with Crippen molar-refractivity contribution < 1.29 is 14.3 Å². The van der Waals surface area contributed by atoms with E-state index in [1.807, 2.05) is 47.3 Å². The second-order valence-electron chi connectivity index (χ2n) is 6.59. The molecule has 3 rings (SSSR count). The number of nitrogens with zero attached hydrogens (tertiary/aromatic N) is 2. The SMILES string of the molecule is Cc1ccc(Cn2ccsc2=NC(=O)COC(=O)[C@@]2(C)CC2(Cl)Cl)cc1. The molecular weight excluding hydrogens is 395 g/mol. The van der Waals surface area contributed by atoms with Crippen LogP contribution in [0.3, 0.4) is 0 Å². The van der Waals surface area contributed by atoms with E-state index in [0.29, 0.717) is 17.8 Å². The Balaban J connectivity index is 1.63. The number of hydrogen-bond acceptors (Lipinski definition) is 4. The Kier molecular flexibility index (Phi) is 5.28. The van der Waals surface area contributed by atoms with Crippen LogP contribution >= 0.6 is 34.5 Å². The van der Waals surface area contributed by atoms with Gasteiger partial charge in [0.1, 0.15) is 9.75 Å². The zero-order chi connectivity index (χ0) is 18.9. The molecule has 1 aromatic heterocycles. The first-order chi connectivity index (χ1) is 12.2. The van der Waals surface area contributed by atoms with Gasteiger partial charge in [-0.1, -0.05) is 29.8 Å². The van der Waals surface area contributed by atoms with Crippen molar-refractivity contribution in [3.8, 4) is 0 Å². The molecule has 1 saturated carbocycles. The number of benzene rings is 1. The normalized spacial score (nSPS) is 21.5. The Labute approximate surface area is 165 Å².